The van der Waals surface area contributed by atoms with Gasteiger partial charge in [0, 0.05) is 22.6 Å². The fraction of sp³-hybridized carbons (Fsp3) is 0.0943. The standard InChI is InChI=1S/C53H40N2/c1-3-41-43-23-11-13-26-46(43)53(45(41)4-2)47-27-14-12-24-44(47)51-42(25-16-28-48(51)53)40-22-15-21-39(33-40)35-29-31-38(32-30-35)52-54-49(36-17-7-5-8-18-36)34-50(55-52)37-19-9-6-10-20-37/h3-32,34,40H,33H2,1-2H3/b41-3?,45-4+. The summed E-state index contributed by atoms with van der Waals surface area (Å²) in [6.07, 6.45) is 12.5. The lowest BCUT2D eigenvalue weighted by atomic mass is 9.70. The van der Waals surface area contributed by atoms with Crippen LogP contribution in [0.3, 0.4) is 0 Å². The Morgan fingerprint density at radius 2 is 1.13 bits per heavy atom. The molecule has 2 nitrogen and oxygen atoms in total. The van der Waals surface area contributed by atoms with Gasteiger partial charge in [-0.1, -0.05) is 182 Å². The highest BCUT2D eigenvalue weighted by molar-refractivity contribution is 6.00. The normalized spacial score (nSPS) is 19.4. The number of allylic oxidation sites excluding steroid dienone is 8. The lowest BCUT2D eigenvalue weighted by molar-refractivity contribution is 0.789. The number of aromatic nitrogens is 2. The molecule has 1 aromatic heterocycles. The Hall–Kier alpha value is -6.64. The summed E-state index contributed by atoms with van der Waals surface area (Å²) >= 11 is 0. The van der Waals surface area contributed by atoms with Crippen molar-refractivity contribution >= 4 is 11.1 Å². The summed E-state index contributed by atoms with van der Waals surface area (Å²) in [6.45, 7) is 4.38. The maximum Gasteiger partial charge on any atom is 0.160 e. The van der Waals surface area contributed by atoms with Crippen molar-refractivity contribution in [1.82, 2.24) is 9.97 Å². The maximum atomic E-state index is 5.07. The largest absolute Gasteiger partial charge is 0.228 e. The van der Waals surface area contributed by atoms with E-state index in [1.54, 1.807) is 0 Å². The highest BCUT2D eigenvalue weighted by Gasteiger charge is 2.53. The molecule has 0 radical (unpaired) electrons. The molecule has 1 heterocycles. The van der Waals surface area contributed by atoms with E-state index < -0.39 is 0 Å². The van der Waals surface area contributed by atoms with Crippen molar-refractivity contribution in [2.45, 2.75) is 31.6 Å². The van der Waals surface area contributed by atoms with Crippen LogP contribution in [0, 0.1) is 0 Å². The summed E-state index contributed by atoms with van der Waals surface area (Å²) < 4.78 is 0. The molecule has 2 unspecified atom stereocenters. The van der Waals surface area contributed by atoms with E-state index in [0.717, 1.165) is 40.3 Å². The molecular weight excluding hydrogens is 665 g/mol. The second-order valence-electron chi connectivity index (χ2n) is 14.7. The molecule has 0 fully saturated rings. The van der Waals surface area contributed by atoms with Crippen LogP contribution < -0.4 is 0 Å². The third-order valence-electron chi connectivity index (χ3n) is 11.9. The Morgan fingerprint density at radius 3 is 1.78 bits per heavy atom. The van der Waals surface area contributed by atoms with E-state index in [1.807, 2.05) is 12.1 Å². The SMILES string of the molecule is CC=C1/C(=C\C)C2(c3ccccc31)c1ccccc1-c1c(C3C=CC=C(c4ccc(-c5nc(-c6ccccc6)cc(-c6ccccc6)n5)cc4)C3)cccc12. The Labute approximate surface area is 323 Å². The number of hydrogen-bond donors (Lipinski definition) is 0. The molecule has 1 spiro atoms. The zero-order valence-electron chi connectivity index (χ0n) is 31.1. The Balaban J connectivity index is 1.01. The van der Waals surface area contributed by atoms with Crippen molar-refractivity contribution in [3.8, 4) is 45.0 Å². The second-order valence-corrected chi connectivity index (χ2v) is 14.7. The van der Waals surface area contributed by atoms with Crippen LogP contribution in [0.1, 0.15) is 59.6 Å². The molecule has 7 aromatic rings. The fourth-order valence-corrected chi connectivity index (χ4v) is 9.50. The van der Waals surface area contributed by atoms with Gasteiger partial charge in [-0.25, -0.2) is 9.97 Å². The first-order valence-corrected chi connectivity index (χ1v) is 19.3. The molecule has 0 aliphatic heterocycles. The predicted octanol–water partition coefficient (Wildman–Crippen LogP) is 13.3. The topological polar surface area (TPSA) is 25.8 Å². The van der Waals surface area contributed by atoms with Crippen molar-refractivity contribution in [2.24, 2.45) is 0 Å². The van der Waals surface area contributed by atoms with Crippen molar-refractivity contribution in [2.75, 3.05) is 0 Å². The zero-order chi connectivity index (χ0) is 36.9. The lowest BCUT2D eigenvalue weighted by Crippen LogP contribution is -2.26. The molecule has 0 saturated carbocycles. The van der Waals surface area contributed by atoms with Gasteiger partial charge in [-0.3, -0.25) is 0 Å². The quantitative estimate of drug-likeness (QED) is 0.178. The third kappa shape index (κ3) is 5.16. The molecule has 0 bridgehead atoms. The summed E-state index contributed by atoms with van der Waals surface area (Å²) in [4.78, 5) is 10.1. The highest BCUT2D eigenvalue weighted by Crippen LogP contribution is 2.64. The van der Waals surface area contributed by atoms with Crippen LogP contribution in [0.25, 0.3) is 56.2 Å². The van der Waals surface area contributed by atoms with Crippen molar-refractivity contribution in [3.05, 3.63) is 227 Å². The third-order valence-corrected chi connectivity index (χ3v) is 11.9. The van der Waals surface area contributed by atoms with Gasteiger partial charge in [0.1, 0.15) is 0 Å². The van der Waals surface area contributed by atoms with E-state index in [1.165, 1.54) is 61.2 Å². The first-order valence-electron chi connectivity index (χ1n) is 19.3. The van der Waals surface area contributed by atoms with Crippen LogP contribution in [0.15, 0.2) is 194 Å². The van der Waals surface area contributed by atoms with Crippen molar-refractivity contribution in [1.29, 1.82) is 0 Å². The molecule has 2 atom stereocenters. The average molecular weight is 705 g/mol. The van der Waals surface area contributed by atoms with Gasteiger partial charge in [0.15, 0.2) is 5.82 Å². The van der Waals surface area contributed by atoms with E-state index in [0.29, 0.717) is 0 Å². The van der Waals surface area contributed by atoms with E-state index in [9.17, 15) is 0 Å². The van der Waals surface area contributed by atoms with Gasteiger partial charge in [0.2, 0.25) is 0 Å². The van der Waals surface area contributed by atoms with Gasteiger partial charge in [-0.05, 0) is 87.6 Å². The van der Waals surface area contributed by atoms with Gasteiger partial charge < -0.3 is 0 Å². The molecule has 55 heavy (non-hydrogen) atoms. The number of hydrogen-bond acceptors (Lipinski definition) is 2. The summed E-state index contributed by atoms with van der Waals surface area (Å²) in [6, 6.07) is 56.9. The second kappa shape index (κ2) is 13.3. The average Bonchev–Trinajstić information content (AvgIpc) is 3.73. The molecule has 2 heteroatoms. The van der Waals surface area contributed by atoms with E-state index in [-0.39, 0.29) is 11.3 Å². The van der Waals surface area contributed by atoms with Gasteiger partial charge in [-0.2, -0.15) is 0 Å². The molecule has 3 aliphatic rings. The summed E-state index contributed by atoms with van der Waals surface area (Å²) in [5, 5.41) is 0. The summed E-state index contributed by atoms with van der Waals surface area (Å²) in [5.74, 6) is 0.966. The van der Waals surface area contributed by atoms with Gasteiger partial charge in [-0.15, -0.1) is 0 Å². The lowest BCUT2D eigenvalue weighted by Gasteiger charge is -2.31. The highest BCUT2D eigenvalue weighted by atomic mass is 14.9. The van der Waals surface area contributed by atoms with Crippen LogP contribution in [0.5, 0.6) is 0 Å². The molecule has 10 rings (SSSR count). The minimum absolute atomic E-state index is 0.240. The first-order chi connectivity index (χ1) is 27.2. The Morgan fingerprint density at radius 1 is 0.545 bits per heavy atom. The van der Waals surface area contributed by atoms with Crippen LogP contribution in [0.4, 0.5) is 0 Å². The van der Waals surface area contributed by atoms with Crippen LogP contribution in [0.2, 0.25) is 0 Å². The number of rotatable bonds is 5. The smallest absolute Gasteiger partial charge is 0.160 e. The molecule has 6 aromatic carbocycles. The molecule has 0 N–H and O–H groups in total. The number of fused-ring (bicyclic) bond motifs is 7. The molecule has 0 saturated heterocycles. The minimum Gasteiger partial charge on any atom is -0.228 e. The fourth-order valence-electron chi connectivity index (χ4n) is 9.50. The van der Waals surface area contributed by atoms with Gasteiger partial charge in [0.25, 0.3) is 0 Å². The maximum absolute atomic E-state index is 5.07. The van der Waals surface area contributed by atoms with E-state index >= 15 is 0 Å². The van der Waals surface area contributed by atoms with E-state index in [4.69, 9.17) is 9.97 Å². The Kier molecular flexibility index (Phi) is 7.99. The number of benzene rings is 6. The van der Waals surface area contributed by atoms with Gasteiger partial charge in [0.05, 0.1) is 16.8 Å². The Bertz CT molecular complexity index is 2670. The first kappa shape index (κ1) is 33.0. The molecule has 3 aliphatic carbocycles. The molecule has 262 valence electrons. The van der Waals surface area contributed by atoms with Crippen LogP contribution >= 0.6 is 0 Å². The van der Waals surface area contributed by atoms with Crippen molar-refractivity contribution in [3.63, 3.8) is 0 Å². The zero-order valence-corrected chi connectivity index (χ0v) is 31.1. The summed E-state index contributed by atoms with van der Waals surface area (Å²) in [5.41, 5.74) is 19.6. The van der Waals surface area contributed by atoms with Crippen LogP contribution in [-0.2, 0) is 5.41 Å². The predicted molar refractivity (Wildman–Crippen MR) is 228 cm³/mol. The number of nitrogens with zero attached hydrogens (tertiary/aromatic N) is 2. The monoisotopic (exact) mass is 704 g/mol. The molecular formula is C53H40N2. The molecule has 0 amide bonds. The van der Waals surface area contributed by atoms with Crippen molar-refractivity contribution < 1.29 is 0 Å². The minimum atomic E-state index is -0.331. The van der Waals surface area contributed by atoms with Gasteiger partial charge >= 0.3 is 0 Å². The summed E-state index contributed by atoms with van der Waals surface area (Å²) in [7, 11) is 0. The van der Waals surface area contributed by atoms with Crippen LogP contribution in [-0.4, -0.2) is 9.97 Å². The van der Waals surface area contributed by atoms with E-state index in [2.05, 4.69) is 190 Å².